The van der Waals surface area contributed by atoms with E-state index in [-0.39, 0.29) is 5.56 Å². The number of aromatic nitrogens is 3. The molecule has 1 aromatic carbocycles. The fourth-order valence-electron chi connectivity index (χ4n) is 2.45. The Morgan fingerprint density at radius 2 is 2.11 bits per heavy atom. The number of rotatable bonds is 4. The lowest BCUT2D eigenvalue weighted by Gasteiger charge is -2.01. The standard InChI is InChI=1S/C19H13N3O3S2/c1-12(23)25-14-5-2-4-13(10-14)11-16-18(24)22-19(27-16)20-17(21-22)8-7-15-6-3-9-26-15/h2-11H,1H3/b8-7+,16-11+. The molecule has 4 rings (SSSR count). The molecule has 134 valence electrons. The van der Waals surface area contributed by atoms with Crippen LogP contribution < -0.4 is 14.8 Å². The van der Waals surface area contributed by atoms with Crippen LogP contribution in [-0.2, 0) is 4.79 Å². The molecular weight excluding hydrogens is 382 g/mol. The average molecular weight is 395 g/mol. The molecule has 0 aliphatic carbocycles. The maximum Gasteiger partial charge on any atom is 0.308 e. The summed E-state index contributed by atoms with van der Waals surface area (Å²) >= 11 is 2.88. The highest BCUT2D eigenvalue weighted by Gasteiger charge is 2.09. The quantitative estimate of drug-likeness (QED) is 0.392. The van der Waals surface area contributed by atoms with Gasteiger partial charge in [-0.2, -0.15) is 9.50 Å². The van der Waals surface area contributed by atoms with E-state index in [4.69, 9.17) is 4.74 Å². The summed E-state index contributed by atoms with van der Waals surface area (Å²) in [5, 5.41) is 6.26. The molecule has 0 atom stereocenters. The van der Waals surface area contributed by atoms with Gasteiger partial charge in [0, 0.05) is 11.8 Å². The zero-order chi connectivity index (χ0) is 18.8. The van der Waals surface area contributed by atoms with Crippen LogP contribution in [0.25, 0.3) is 23.2 Å². The summed E-state index contributed by atoms with van der Waals surface area (Å²) < 4.78 is 6.89. The molecule has 3 aromatic heterocycles. The predicted octanol–water partition coefficient (Wildman–Crippen LogP) is 2.86. The molecule has 6 nitrogen and oxygen atoms in total. The van der Waals surface area contributed by atoms with Gasteiger partial charge in [0.05, 0.1) is 4.53 Å². The van der Waals surface area contributed by atoms with Crippen LogP contribution in [0.1, 0.15) is 23.2 Å². The Morgan fingerprint density at radius 1 is 1.22 bits per heavy atom. The summed E-state index contributed by atoms with van der Waals surface area (Å²) in [6, 6.07) is 10.9. The smallest absolute Gasteiger partial charge is 0.308 e. The second kappa shape index (κ2) is 7.26. The van der Waals surface area contributed by atoms with Gasteiger partial charge in [0.1, 0.15) is 5.75 Å². The Balaban J connectivity index is 1.66. The molecule has 0 saturated heterocycles. The van der Waals surface area contributed by atoms with Gasteiger partial charge in [-0.15, -0.1) is 16.4 Å². The van der Waals surface area contributed by atoms with E-state index in [1.807, 2.05) is 29.7 Å². The number of benzene rings is 1. The van der Waals surface area contributed by atoms with Crippen LogP contribution >= 0.6 is 22.7 Å². The number of esters is 1. The zero-order valence-corrected chi connectivity index (χ0v) is 15.8. The van der Waals surface area contributed by atoms with Gasteiger partial charge in [0.25, 0.3) is 5.56 Å². The summed E-state index contributed by atoms with van der Waals surface area (Å²) in [5.74, 6) is 0.540. The molecular formula is C19H13N3O3S2. The third-order valence-electron chi connectivity index (χ3n) is 3.56. The lowest BCUT2D eigenvalue weighted by Crippen LogP contribution is -2.23. The van der Waals surface area contributed by atoms with Gasteiger partial charge in [-0.05, 0) is 47.4 Å². The van der Waals surface area contributed by atoms with E-state index in [1.165, 1.54) is 22.8 Å². The third-order valence-corrected chi connectivity index (χ3v) is 5.35. The molecule has 0 N–H and O–H groups in total. The van der Waals surface area contributed by atoms with E-state index < -0.39 is 5.97 Å². The van der Waals surface area contributed by atoms with Crippen LogP contribution in [0.5, 0.6) is 5.75 Å². The average Bonchev–Trinajstić information content (AvgIpc) is 3.33. The SMILES string of the molecule is CC(=O)Oc1cccc(/C=c2/sc3nc(/C=C/c4cccs4)nn3c2=O)c1. The zero-order valence-electron chi connectivity index (χ0n) is 14.2. The van der Waals surface area contributed by atoms with E-state index in [2.05, 4.69) is 10.1 Å². The van der Waals surface area contributed by atoms with Crippen LogP contribution in [0.2, 0.25) is 0 Å². The van der Waals surface area contributed by atoms with Gasteiger partial charge in [-0.1, -0.05) is 29.5 Å². The molecule has 0 radical (unpaired) electrons. The summed E-state index contributed by atoms with van der Waals surface area (Å²) in [6.45, 7) is 1.34. The van der Waals surface area contributed by atoms with Crippen molar-refractivity contribution in [2.45, 2.75) is 6.92 Å². The first-order chi connectivity index (χ1) is 13.1. The van der Waals surface area contributed by atoms with Crippen molar-refractivity contribution in [2.75, 3.05) is 0 Å². The number of thiazole rings is 1. The Hall–Kier alpha value is -3.10. The second-order valence-electron chi connectivity index (χ2n) is 5.60. The van der Waals surface area contributed by atoms with Gasteiger partial charge in [0.15, 0.2) is 5.82 Å². The van der Waals surface area contributed by atoms with E-state index in [1.54, 1.807) is 41.7 Å². The first-order valence-corrected chi connectivity index (χ1v) is 9.69. The first-order valence-electron chi connectivity index (χ1n) is 8.00. The van der Waals surface area contributed by atoms with Crippen LogP contribution in [0.3, 0.4) is 0 Å². The fourth-order valence-corrected chi connectivity index (χ4v) is 3.98. The summed E-state index contributed by atoms with van der Waals surface area (Å²) in [4.78, 5) is 29.7. The molecule has 0 fully saturated rings. The van der Waals surface area contributed by atoms with E-state index in [0.717, 1.165) is 10.4 Å². The molecule has 0 aliphatic rings. The van der Waals surface area contributed by atoms with Crippen molar-refractivity contribution in [3.05, 3.63) is 72.9 Å². The number of nitrogens with zero attached hydrogens (tertiary/aromatic N) is 3. The van der Waals surface area contributed by atoms with Crippen LogP contribution in [0.15, 0.2) is 46.6 Å². The molecule has 0 amide bonds. The lowest BCUT2D eigenvalue weighted by atomic mass is 10.2. The largest absolute Gasteiger partial charge is 0.427 e. The number of carbonyl (C=O) groups is 1. The monoisotopic (exact) mass is 395 g/mol. The van der Waals surface area contributed by atoms with Crippen molar-refractivity contribution in [3.8, 4) is 5.75 Å². The van der Waals surface area contributed by atoms with E-state index >= 15 is 0 Å². The number of carbonyl (C=O) groups excluding carboxylic acids is 1. The number of hydrogen-bond donors (Lipinski definition) is 0. The number of thiophene rings is 1. The summed E-state index contributed by atoms with van der Waals surface area (Å²) in [5.41, 5.74) is 0.532. The summed E-state index contributed by atoms with van der Waals surface area (Å²) in [7, 11) is 0. The Labute approximate surface area is 161 Å². The minimum Gasteiger partial charge on any atom is -0.427 e. The molecule has 27 heavy (non-hydrogen) atoms. The Morgan fingerprint density at radius 3 is 2.85 bits per heavy atom. The van der Waals surface area contributed by atoms with Crippen molar-refractivity contribution in [1.29, 1.82) is 0 Å². The molecule has 3 heterocycles. The third kappa shape index (κ3) is 3.86. The molecule has 0 saturated carbocycles. The molecule has 0 aliphatic heterocycles. The van der Waals surface area contributed by atoms with Crippen molar-refractivity contribution < 1.29 is 9.53 Å². The van der Waals surface area contributed by atoms with Crippen molar-refractivity contribution in [1.82, 2.24) is 14.6 Å². The first kappa shape index (κ1) is 17.3. The van der Waals surface area contributed by atoms with Crippen molar-refractivity contribution in [3.63, 3.8) is 0 Å². The Kier molecular flexibility index (Phi) is 4.66. The molecule has 8 heteroatoms. The highest BCUT2D eigenvalue weighted by molar-refractivity contribution is 7.15. The predicted molar refractivity (Wildman–Crippen MR) is 107 cm³/mol. The topological polar surface area (TPSA) is 73.6 Å². The minimum absolute atomic E-state index is 0.226. The van der Waals surface area contributed by atoms with Crippen LogP contribution in [0.4, 0.5) is 0 Å². The number of ether oxygens (including phenoxy) is 1. The van der Waals surface area contributed by atoms with Crippen molar-refractivity contribution >= 4 is 51.8 Å². The van der Waals surface area contributed by atoms with Crippen LogP contribution in [-0.4, -0.2) is 20.6 Å². The fraction of sp³-hybridized carbons (Fsp3) is 0.0526. The lowest BCUT2D eigenvalue weighted by molar-refractivity contribution is -0.131. The maximum atomic E-state index is 12.6. The van der Waals surface area contributed by atoms with Gasteiger partial charge in [-0.25, -0.2) is 0 Å². The second-order valence-corrected chi connectivity index (χ2v) is 7.58. The highest BCUT2D eigenvalue weighted by atomic mass is 32.1. The van der Waals surface area contributed by atoms with Gasteiger partial charge < -0.3 is 4.74 Å². The van der Waals surface area contributed by atoms with Crippen molar-refractivity contribution in [2.24, 2.45) is 0 Å². The highest BCUT2D eigenvalue weighted by Crippen LogP contribution is 2.15. The van der Waals surface area contributed by atoms with Crippen LogP contribution in [0, 0.1) is 0 Å². The number of hydrogen-bond acceptors (Lipinski definition) is 7. The van der Waals surface area contributed by atoms with Gasteiger partial charge in [0.2, 0.25) is 4.96 Å². The van der Waals surface area contributed by atoms with Gasteiger partial charge in [-0.3, -0.25) is 9.59 Å². The maximum absolute atomic E-state index is 12.6. The van der Waals surface area contributed by atoms with Gasteiger partial charge >= 0.3 is 5.97 Å². The molecule has 0 unspecified atom stereocenters. The number of fused-ring (bicyclic) bond motifs is 1. The minimum atomic E-state index is -0.390. The molecule has 0 spiro atoms. The Bertz CT molecular complexity index is 1250. The summed E-state index contributed by atoms with van der Waals surface area (Å²) in [6.07, 6.45) is 5.44. The normalized spacial score (nSPS) is 12.3. The van der Waals surface area contributed by atoms with E-state index in [0.29, 0.717) is 21.1 Å². The van der Waals surface area contributed by atoms with E-state index in [9.17, 15) is 9.59 Å². The molecule has 0 bridgehead atoms. The molecule has 4 aromatic rings.